The Labute approximate surface area is 151 Å². The van der Waals surface area contributed by atoms with E-state index in [2.05, 4.69) is 22.8 Å². The van der Waals surface area contributed by atoms with Crippen molar-refractivity contribution in [2.24, 2.45) is 11.5 Å². The van der Waals surface area contributed by atoms with E-state index in [0.717, 1.165) is 24.0 Å². The second kappa shape index (κ2) is 10.5. The molecule has 1 amide bonds. The maximum Gasteiger partial charge on any atom is 0.241 e. The molecule has 0 aromatic heterocycles. The molecule has 6 heteroatoms. The molecule has 5 N–H and O–H groups in total. The Balaban J connectivity index is 0.00000264. The molecule has 0 aliphatic heterocycles. The zero-order chi connectivity index (χ0) is 15.8. The first-order valence-corrected chi connectivity index (χ1v) is 7.55. The van der Waals surface area contributed by atoms with Gasteiger partial charge in [-0.2, -0.15) is 0 Å². The Morgan fingerprint density at radius 1 is 1.22 bits per heavy atom. The van der Waals surface area contributed by atoms with Crippen LogP contribution in [0.15, 0.2) is 54.1 Å². The van der Waals surface area contributed by atoms with Crippen LogP contribution in [0.3, 0.4) is 0 Å². The number of amides is 1. The van der Waals surface area contributed by atoms with Crippen LogP contribution < -0.4 is 16.8 Å². The first kappa shape index (κ1) is 19.8. The van der Waals surface area contributed by atoms with Gasteiger partial charge >= 0.3 is 0 Å². The first-order chi connectivity index (χ1) is 10.7. The van der Waals surface area contributed by atoms with Crippen LogP contribution in [0.5, 0.6) is 0 Å². The number of allylic oxidation sites excluding steroid dienone is 2. The molecule has 124 valence electrons. The molecule has 1 aliphatic carbocycles. The standard InChI is InChI=1S/C17H23N4O.W/c18-15(13-7-3-1-4-8-13)17(22)21-12-11-20-16(19)14-9-5-2-6-10-14;/h1,3-5,7-10,15-16H,2,6,11-12,18-19H2,(H,21,22);/q-1;. The Morgan fingerprint density at radius 3 is 2.61 bits per heavy atom. The summed E-state index contributed by atoms with van der Waals surface area (Å²) < 4.78 is 0. The van der Waals surface area contributed by atoms with Crippen molar-refractivity contribution in [2.75, 3.05) is 13.1 Å². The number of hydrogen-bond donors (Lipinski definition) is 3. The van der Waals surface area contributed by atoms with E-state index in [0.29, 0.717) is 13.1 Å². The number of nitrogens with zero attached hydrogens (tertiary/aromatic N) is 1. The van der Waals surface area contributed by atoms with Gasteiger partial charge in [0.15, 0.2) is 0 Å². The third-order valence-electron chi connectivity index (χ3n) is 3.54. The van der Waals surface area contributed by atoms with Crippen LogP contribution in [0, 0.1) is 0 Å². The summed E-state index contributed by atoms with van der Waals surface area (Å²) in [6.07, 6.45) is 7.98. The third-order valence-corrected chi connectivity index (χ3v) is 3.54. The van der Waals surface area contributed by atoms with E-state index in [1.165, 1.54) is 0 Å². The van der Waals surface area contributed by atoms with E-state index in [1.807, 2.05) is 36.4 Å². The maximum absolute atomic E-state index is 12.0. The van der Waals surface area contributed by atoms with E-state index in [9.17, 15) is 4.79 Å². The molecule has 5 nitrogen and oxygen atoms in total. The minimum absolute atomic E-state index is 0. The van der Waals surface area contributed by atoms with Crippen LogP contribution in [0.4, 0.5) is 0 Å². The van der Waals surface area contributed by atoms with Gasteiger partial charge < -0.3 is 22.1 Å². The first-order valence-electron chi connectivity index (χ1n) is 7.55. The maximum atomic E-state index is 12.0. The zero-order valence-corrected chi connectivity index (χ0v) is 16.0. The van der Waals surface area contributed by atoms with Crippen LogP contribution in [-0.4, -0.2) is 25.2 Å². The number of benzene rings is 1. The van der Waals surface area contributed by atoms with Crippen LogP contribution >= 0.6 is 0 Å². The summed E-state index contributed by atoms with van der Waals surface area (Å²) >= 11 is 0. The second-order valence-electron chi connectivity index (χ2n) is 5.21. The zero-order valence-electron chi connectivity index (χ0n) is 13.0. The Hall–Kier alpha value is -1.26. The van der Waals surface area contributed by atoms with E-state index in [-0.39, 0.29) is 33.1 Å². The SMILES string of the molecule is NC([N-]CCNC(=O)C(N)c1ccccc1)C1=CCCC=C1.[W]. The predicted molar refractivity (Wildman–Crippen MR) is 89.0 cm³/mol. The van der Waals surface area contributed by atoms with Crippen molar-refractivity contribution < 1.29 is 25.9 Å². The molecule has 2 unspecified atom stereocenters. The van der Waals surface area contributed by atoms with Gasteiger partial charge in [0.1, 0.15) is 6.04 Å². The summed E-state index contributed by atoms with van der Waals surface area (Å²) in [5, 5.41) is 7.14. The molecule has 1 aromatic rings. The Morgan fingerprint density at radius 2 is 1.96 bits per heavy atom. The summed E-state index contributed by atoms with van der Waals surface area (Å²) in [6.45, 7) is 0.906. The number of carbonyl (C=O) groups excluding carboxylic acids is 1. The van der Waals surface area contributed by atoms with Gasteiger partial charge in [0.25, 0.3) is 0 Å². The van der Waals surface area contributed by atoms with Crippen molar-refractivity contribution in [3.05, 3.63) is 65.0 Å². The van der Waals surface area contributed by atoms with E-state index in [4.69, 9.17) is 11.5 Å². The number of carbonyl (C=O) groups is 1. The van der Waals surface area contributed by atoms with Gasteiger partial charge in [0, 0.05) is 21.1 Å². The quantitative estimate of drug-likeness (QED) is 0.516. The minimum Gasteiger partial charge on any atom is -0.642 e. The number of hydrogen-bond acceptors (Lipinski definition) is 3. The molecule has 0 saturated heterocycles. The van der Waals surface area contributed by atoms with Crippen LogP contribution in [-0.2, 0) is 25.9 Å². The summed E-state index contributed by atoms with van der Waals surface area (Å²) in [5.74, 6) is -0.202. The van der Waals surface area contributed by atoms with E-state index >= 15 is 0 Å². The van der Waals surface area contributed by atoms with Gasteiger partial charge in [0.2, 0.25) is 5.91 Å². The minimum atomic E-state index is -0.654. The predicted octanol–water partition coefficient (Wildman–Crippen LogP) is 1.74. The molecule has 0 radical (unpaired) electrons. The summed E-state index contributed by atoms with van der Waals surface area (Å²) in [4.78, 5) is 12.0. The molecule has 2 rings (SSSR count). The van der Waals surface area contributed by atoms with Gasteiger partial charge in [-0.15, -0.1) is 6.54 Å². The summed E-state index contributed by atoms with van der Waals surface area (Å²) in [7, 11) is 0. The molecular weight excluding hydrogens is 460 g/mol. The number of nitrogens with one attached hydrogen (secondary N) is 1. The van der Waals surface area contributed by atoms with Crippen LogP contribution in [0.2, 0.25) is 0 Å². The average Bonchev–Trinajstić information content (AvgIpc) is 2.59. The Bertz CT molecular complexity index is 545. The monoisotopic (exact) mass is 483 g/mol. The molecule has 0 bridgehead atoms. The van der Waals surface area contributed by atoms with Gasteiger partial charge in [-0.3, -0.25) is 4.79 Å². The van der Waals surface area contributed by atoms with Gasteiger partial charge in [-0.25, -0.2) is 0 Å². The molecule has 2 atom stereocenters. The Kier molecular flexibility index (Phi) is 9.03. The molecule has 0 spiro atoms. The molecular formula is C17H23N4OW-. The number of rotatable bonds is 7. The van der Waals surface area contributed by atoms with Crippen molar-refractivity contribution in [3.8, 4) is 0 Å². The summed E-state index contributed by atoms with van der Waals surface area (Å²) in [5.41, 5.74) is 13.7. The number of nitrogens with two attached hydrogens (primary N) is 2. The van der Waals surface area contributed by atoms with Crippen LogP contribution in [0.25, 0.3) is 5.32 Å². The van der Waals surface area contributed by atoms with Crippen molar-refractivity contribution >= 4 is 5.91 Å². The smallest absolute Gasteiger partial charge is 0.241 e. The molecule has 0 fully saturated rings. The summed E-state index contributed by atoms with van der Waals surface area (Å²) in [6, 6.07) is 8.64. The average molecular weight is 483 g/mol. The van der Waals surface area contributed by atoms with Crippen molar-refractivity contribution in [1.29, 1.82) is 0 Å². The van der Waals surface area contributed by atoms with Crippen molar-refractivity contribution in [2.45, 2.75) is 25.0 Å². The molecule has 1 aromatic carbocycles. The third kappa shape index (κ3) is 6.40. The molecule has 0 saturated carbocycles. The topological polar surface area (TPSA) is 95.2 Å². The second-order valence-corrected chi connectivity index (χ2v) is 5.21. The van der Waals surface area contributed by atoms with Crippen molar-refractivity contribution in [1.82, 2.24) is 5.32 Å². The molecule has 1 aliphatic rings. The van der Waals surface area contributed by atoms with Gasteiger partial charge in [-0.05, 0) is 24.9 Å². The fourth-order valence-corrected chi connectivity index (χ4v) is 2.26. The largest absolute Gasteiger partial charge is 0.642 e. The van der Waals surface area contributed by atoms with E-state index < -0.39 is 6.04 Å². The van der Waals surface area contributed by atoms with Crippen molar-refractivity contribution in [3.63, 3.8) is 0 Å². The normalized spacial score (nSPS) is 16.0. The fraction of sp³-hybridized carbons (Fsp3) is 0.353. The fourth-order valence-electron chi connectivity index (χ4n) is 2.26. The molecule has 0 heterocycles. The molecule has 23 heavy (non-hydrogen) atoms. The van der Waals surface area contributed by atoms with Gasteiger partial charge in [-0.1, -0.05) is 60.3 Å². The van der Waals surface area contributed by atoms with Gasteiger partial charge in [0.05, 0.1) is 0 Å². The van der Waals surface area contributed by atoms with Crippen LogP contribution in [0.1, 0.15) is 24.4 Å². The van der Waals surface area contributed by atoms with E-state index in [1.54, 1.807) is 0 Å².